The summed E-state index contributed by atoms with van der Waals surface area (Å²) < 4.78 is 15.9. The van der Waals surface area contributed by atoms with Gasteiger partial charge in [0, 0.05) is 11.6 Å². The van der Waals surface area contributed by atoms with Gasteiger partial charge < -0.3 is 14.2 Å². The van der Waals surface area contributed by atoms with E-state index in [9.17, 15) is 0 Å². The van der Waals surface area contributed by atoms with E-state index in [1.165, 1.54) is 26.6 Å². The van der Waals surface area contributed by atoms with E-state index in [-0.39, 0.29) is 11.8 Å². The molecule has 21 heavy (non-hydrogen) atoms. The molecule has 0 fully saturated rings. The van der Waals surface area contributed by atoms with E-state index >= 15 is 0 Å². The zero-order valence-corrected chi connectivity index (χ0v) is 13.5. The summed E-state index contributed by atoms with van der Waals surface area (Å²) in [6.45, 7) is 0.0849. The van der Waals surface area contributed by atoms with E-state index in [2.05, 4.69) is 9.97 Å². The van der Waals surface area contributed by atoms with E-state index in [4.69, 9.17) is 49.0 Å². The lowest BCUT2D eigenvalue weighted by atomic mass is 10.2. The maximum atomic E-state index is 6.23. The highest BCUT2D eigenvalue weighted by Gasteiger charge is 2.17. The molecule has 0 saturated heterocycles. The Balaban J connectivity index is 2.28. The topological polar surface area (TPSA) is 53.5 Å². The monoisotopic (exact) mass is 348 g/mol. The molecule has 2 aromatic rings. The van der Waals surface area contributed by atoms with Gasteiger partial charge in [-0.05, 0) is 0 Å². The molecule has 0 bridgehead atoms. The van der Waals surface area contributed by atoms with Crippen LogP contribution in [0.15, 0.2) is 18.5 Å². The minimum Gasteiger partial charge on any atom is -0.495 e. The molecule has 8 heteroatoms. The average molecular weight is 350 g/mol. The van der Waals surface area contributed by atoms with Gasteiger partial charge in [0.15, 0.2) is 0 Å². The van der Waals surface area contributed by atoms with Gasteiger partial charge >= 0.3 is 0 Å². The molecule has 0 aliphatic carbocycles. The third-order valence-electron chi connectivity index (χ3n) is 2.63. The van der Waals surface area contributed by atoms with E-state index < -0.39 is 0 Å². The number of nitrogens with zero attached hydrogens (tertiary/aromatic N) is 2. The second-order valence-corrected chi connectivity index (χ2v) is 5.00. The second kappa shape index (κ2) is 7.02. The molecule has 5 nitrogen and oxygen atoms in total. The third-order valence-corrected chi connectivity index (χ3v) is 3.65. The number of rotatable bonds is 5. The van der Waals surface area contributed by atoms with Crippen LogP contribution in [0.25, 0.3) is 0 Å². The maximum Gasteiger partial charge on any atom is 0.232 e. The summed E-state index contributed by atoms with van der Waals surface area (Å²) in [7, 11) is 3.01. The fourth-order valence-corrected chi connectivity index (χ4v) is 2.29. The fourth-order valence-electron chi connectivity index (χ4n) is 1.58. The van der Waals surface area contributed by atoms with Crippen molar-refractivity contribution in [3.63, 3.8) is 0 Å². The predicted octanol–water partition coefficient (Wildman–Crippen LogP) is 4.03. The quantitative estimate of drug-likeness (QED) is 0.815. The van der Waals surface area contributed by atoms with Gasteiger partial charge in [0.1, 0.15) is 23.3 Å². The molecule has 0 spiro atoms. The Kier molecular flexibility index (Phi) is 5.33. The zero-order chi connectivity index (χ0) is 15.4. The van der Waals surface area contributed by atoms with Crippen molar-refractivity contribution in [2.75, 3.05) is 14.2 Å². The molecule has 0 aliphatic heterocycles. The average Bonchev–Trinajstić information content (AvgIpc) is 2.49. The van der Waals surface area contributed by atoms with Crippen LogP contribution in [0.1, 0.15) is 5.56 Å². The Morgan fingerprint density at radius 3 is 2.05 bits per heavy atom. The van der Waals surface area contributed by atoms with Crippen molar-refractivity contribution < 1.29 is 14.2 Å². The van der Waals surface area contributed by atoms with Crippen LogP contribution in [0.5, 0.6) is 17.4 Å². The number of hydrogen-bond donors (Lipinski definition) is 0. The molecule has 0 radical (unpaired) electrons. The van der Waals surface area contributed by atoms with Crippen molar-refractivity contribution in [3.8, 4) is 17.4 Å². The van der Waals surface area contributed by atoms with Crippen LogP contribution in [0.3, 0.4) is 0 Å². The first-order valence-electron chi connectivity index (χ1n) is 5.76. The van der Waals surface area contributed by atoms with Crippen LogP contribution in [0, 0.1) is 0 Å². The van der Waals surface area contributed by atoms with E-state index in [1.807, 2.05) is 0 Å². The maximum absolute atomic E-state index is 6.23. The van der Waals surface area contributed by atoms with Gasteiger partial charge in [-0.2, -0.15) is 0 Å². The number of ether oxygens (including phenoxy) is 3. The molecule has 0 atom stereocenters. The zero-order valence-electron chi connectivity index (χ0n) is 11.2. The lowest BCUT2D eigenvalue weighted by molar-refractivity contribution is 0.290. The molecular weight excluding hydrogens is 339 g/mol. The molecule has 0 saturated carbocycles. The fraction of sp³-hybridized carbons (Fsp3) is 0.231. The summed E-state index contributed by atoms with van der Waals surface area (Å²) in [5.41, 5.74) is 0.534. The molecular formula is C13H11Cl3N2O3. The highest BCUT2D eigenvalue weighted by atomic mass is 35.5. The smallest absolute Gasteiger partial charge is 0.232 e. The Bertz CT molecular complexity index is 607. The highest BCUT2D eigenvalue weighted by Crippen LogP contribution is 2.40. The first-order valence-corrected chi connectivity index (χ1v) is 6.89. The number of aromatic nitrogens is 2. The highest BCUT2D eigenvalue weighted by molar-refractivity contribution is 6.37. The Morgan fingerprint density at radius 1 is 0.952 bits per heavy atom. The van der Waals surface area contributed by atoms with Crippen molar-refractivity contribution in [2.24, 2.45) is 0 Å². The number of halogens is 3. The third kappa shape index (κ3) is 3.61. The summed E-state index contributed by atoms with van der Waals surface area (Å²) in [6, 6.07) is 1.61. The Hall–Kier alpha value is -1.43. The second-order valence-electron chi connectivity index (χ2n) is 3.85. The van der Waals surface area contributed by atoms with Crippen molar-refractivity contribution >= 4 is 34.8 Å². The van der Waals surface area contributed by atoms with E-state index in [0.29, 0.717) is 33.0 Å². The normalized spacial score (nSPS) is 10.3. The summed E-state index contributed by atoms with van der Waals surface area (Å²) in [6.07, 6.45) is 2.79. The molecule has 0 unspecified atom stereocenters. The Labute approximate surface area is 136 Å². The molecule has 0 amide bonds. The Morgan fingerprint density at radius 2 is 1.57 bits per heavy atom. The van der Waals surface area contributed by atoms with Crippen LogP contribution < -0.4 is 14.2 Å². The van der Waals surface area contributed by atoms with Crippen LogP contribution in [-0.2, 0) is 6.61 Å². The molecule has 1 aromatic carbocycles. The van der Waals surface area contributed by atoms with Gasteiger partial charge in [-0.3, -0.25) is 0 Å². The minimum absolute atomic E-state index is 0.0849. The van der Waals surface area contributed by atoms with E-state index in [0.717, 1.165) is 0 Å². The van der Waals surface area contributed by atoms with Gasteiger partial charge in [-0.1, -0.05) is 34.8 Å². The lowest BCUT2D eigenvalue weighted by Crippen LogP contribution is -2.02. The van der Waals surface area contributed by atoms with Crippen LogP contribution in [0.4, 0.5) is 0 Å². The standard InChI is InChI=1S/C13H11Cl3N2O3/c1-19-8-3-9(20-2)13(16)7(12(8)15)6-21-11-5-17-10(14)4-18-11/h3-5H,6H2,1-2H3. The van der Waals surface area contributed by atoms with E-state index in [1.54, 1.807) is 6.07 Å². The summed E-state index contributed by atoms with van der Waals surface area (Å²) in [5.74, 6) is 1.19. The van der Waals surface area contributed by atoms with Gasteiger partial charge in [0.2, 0.25) is 5.88 Å². The van der Waals surface area contributed by atoms with Crippen LogP contribution in [-0.4, -0.2) is 24.2 Å². The molecule has 2 rings (SSSR count). The van der Waals surface area contributed by atoms with Crippen molar-refractivity contribution in [3.05, 3.63) is 39.2 Å². The SMILES string of the molecule is COc1cc(OC)c(Cl)c(COc2cnc(Cl)cn2)c1Cl. The van der Waals surface area contributed by atoms with Crippen LogP contribution in [0.2, 0.25) is 15.2 Å². The predicted molar refractivity (Wildman–Crippen MR) is 80.9 cm³/mol. The van der Waals surface area contributed by atoms with Gasteiger partial charge in [-0.25, -0.2) is 9.97 Å². The van der Waals surface area contributed by atoms with Gasteiger partial charge in [0.25, 0.3) is 0 Å². The minimum atomic E-state index is 0.0849. The van der Waals surface area contributed by atoms with Crippen molar-refractivity contribution in [1.82, 2.24) is 9.97 Å². The lowest BCUT2D eigenvalue weighted by Gasteiger charge is -2.14. The van der Waals surface area contributed by atoms with Crippen molar-refractivity contribution in [2.45, 2.75) is 6.61 Å². The molecule has 1 aromatic heterocycles. The molecule has 1 heterocycles. The number of methoxy groups -OCH3 is 2. The summed E-state index contributed by atoms with van der Waals surface area (Å²) in [4.78, 5) is 7.84. The molecule has 112 valence electrons. The molecule has 0 N–H and O–H groups in total. The number of benzene rings is 1. The first-order chi connectivity index (χ1) is 10.1. The van der Waals surface area contributed by atoms with Gasteiger partial charge in [-0.15, -0.1) is 0 Å². The summed E-state index contributed by atoms with van der Waals surface area (Å²) in [5, 5.41) is 0.983. The first kappa shape index (κ1) is 15.9. The van der Waals surface area contributed by atoms with Crippen LogP contribution >= 0.6 is 34.8 Å². The van der Waals surface area contributed by atoms with Crippen molar-refractivity contribution in [1.29, 1.82) is 0 Å². The summed E-state index contributed by atoms with van der Waals surface area (Å²) >= 11 is 18.1. The molecule has 0 aliphatic rings. The number of hydrogen-bond acceptors (Lipinski definition) is 5. The largest absolute Gasteiger partial charge is 0.495 e. The van der Waals surface area contributed by atoms with Gasteiger partial charge in [0.05, 0.1) is 36.7 Å².